The Balaban J connectivity index is 1.35. The van der Waals surface area contributed by atoms with Gasteiger partial charge in [-0.2, -0.15) is 0 Å². The maximum absolute atomic E-state index is 12.9. The molecular weight excluding hydrogens is 466 g/mol. The van der Waals surface area contributed by atoms with Crippen molar-refractivity contribution in [2.24, 2.45) is 5.92 Å². The van der Waals surface area contributed by atoms with Crippen molar-refractivity contribution in [3.05, 3.63) is 60.3 Å². The number of nitrogens with zero attached hydrogens (tertiary/aromatic N) is 3. The van der Waals surface area contributed by atoms with Crippen molar-refractivity contribution in [3.8, 4) is 34.1 Å². The van der Waals surface area contributed by atoms with Crippen LogP contribution in [0.2, 0.25) is 0 Å². The van der Waals surface area contributed by atoms with E-state index < -0.39 is 0 Å². The number of fused-ring (bicyclic) bond motifs is 1. The molecule has 1 atom stereocenters. The van der Waals surface area contributed by atoms with E-state index in [9.17, 15) is 9.90 Å². The predicted molar refractivity (Wildman–Crippen MR) is 145 cm³/mol. The first-order valence-electron chi connectivity index (χ1n) is 12.8. The summed E-state index contributed by atoms with van der Waals surface area (Å²) in [5, 5.41) is 13.7. The van der Waals surface area contributed by atoms with Crippen molar-refractivity contribution >= 4 is 16.9 Å². The van der Waals surface area contributed by atoms with Crippen LogP contribution in [0.25, 0.3) is 33.5 Å². The predicted octanol–water partition coefficient (Wildman–Crippen LogP) is 4.86. The molecule has 5 rings (SSSR count). The summed E-state index contributed by atoms with van der Waals surface area (Å²) in [5.74, 6) is 1.50. The summed E-state index contributed by atoms with van der Waals surface area (Å²) in [6.07, 6.45) is 3.98. The van der Waals surface area contributed by atoms with Gasteiger partial charge in [0.15, 0.2) is 0 Å². The van der Waals surface area contributed by atoms with E-state index in [0.717, 1.165) is 36.2 Å². The van der Waals surface area contributed by atoms with Crippen LogP contribution in [-0.2, 0) is 0 Å². The number of carbonyl (C=O) groups excluding carboxylic acids is 1. The summed E-state index contributed by atoms with van der Waals surface area (Å²) in [5.41, 5.74) is 4.23. The van der Waals surface area contributed by atoms with Crippen molar-refractivity contribution in [2.75, 3.05) is 26.7 Å². The number of rotatable bonds is 7. The normalized spacial score (nSPS) is 16.3. The van der Waals surface area contributed by atoms with Crippen LogP contribution >= 0.6 is 0 Å². The van der Waals surface area contributed by atoms with Gasteiger partial charge in [0.2, 0.25) is 5.88 Å². The van der Waals surface area contributed by atoms with Gasteiger partial charge < -0.3 is 25.0 Å². The molecule has 0 bridgehead atoms. The number of aromatic nitrogens is 3. The van der Waals surface area contributed by atoms with Crippen LogP contribution in [0.4, 0.5) is 0 Å². The van der Waals surface area contributed by atoms with E-state index in [1.807, 2.05) is 30.3 Å². The number of hydrogen-bond donors (Lipinski definition) is 3. The van der Waals surface area contributed by atoms with Gasteiger partial charge in [0.1, 0.15) is 11.6 Å². The molecule has 8 heteroatoms. The van der Waals surface area contributed by atoms with Gasteiger partial charge in [0.25, 0.3) is 5.91 Å². The molecule has 1 aliphatic rings. The Hall–Kier alpha value is -3.91. The summed E-state index contributed by atoms with van der Waals surface area (Å²) in [7, 11) is 1.58. The van der Waals surface area contributed by atoms with Crippen LogP contribution in [0, 0.1) is 5.92 Å². The lowest BCUT2D eigenvalue weighted by atomic mass is 9.97. The minimum atomic E-state index is -0.0957. The number of phenols is 1. The zero-order valence-electron chi connectivity index (χ0n) is 21.5. The maximum Gasteiger partial charge on any atom is 0.251 e. The molecule has 1 unspecified atom stereocenters. The van der Waals surface area contributed by atoms with Crippen LogP contribution in [-0.4, -0.2) is 63.7 Å². The molecule has 0 radical (unpaired) electrons. The van der Waals surface area contributed by atoms with Gasteiger partial charge in [-0.15, -0.1) is 0 Å². The lowest BCUT2D eigenvalue weighted by Crippen LogP contribution is -2.43. The van der Waals surface area contributed by atoms with E-state index in [2.05, 4.69) is 34.0 Å². The number of pyridine rings is 1. The van der Waals surface area contributed by atoms with Crippen LogP contribution in [0.3, 0.4) is 0 Å². The highest BCUT2D eigenvalue weighted by Crippen LogP contribution is 2.35. The fraction of sp³-hybridized carbons (Fsp3) is 0.345. The Labute approximate surface area is 216 Å². The molecule has 0 saturated carbocycles. The number of hydrogen-bond acceptors (Lipinski definition) is 6. The number of carbonyl (C=O) groups is 1. The van der Waals surface area contributed by atoms with Crippen molar-refractivity contribution in [3.63, 3.8) is 0 Å². The fourth-order valence-corrected chi connectivity index (χ4v) is 5.01. The third-order valence-corrected chi connectivity index (χ3v) is 7.10. The zero-order chi connectivity index (χ0) is 25.9. The number of methoxy groups -OCH3 is 1. The number of aromatic amines is 1. The van der Waals surface area contributed by atoms with Gasteiger partial charge in [-0.05, 0) is 87.2 Å². The highest BCUT2D eigenvalue weighted by molar-refractivity contribution is 5.97. The Kier molecular flexibility index (Phi) is 7.10. The molecule has 4 aromatic rings. The number of nitrogens with one attached hydrogen (secondary N) is 2. The third-order valence-electron chi connectivity index (χ3n) is 7.10. The Morgan fingerprint density at radius 3 is 2.89 bits per heavy atom. The summed E-state index contributed by atoms with van der Waals surface area (Å²) in [6, 6.07) is 15.0. The summed E-state index contributed by atoms with van der Waals surface area (Å²) in [4.78, 5) is 27.6. The second-order valence-corrected chi connectivity index (χ2v) is 9.92. The molecule has 1 aliphatic heterocycles. The molecule has 1 fully saturated rings. The van der Waals surface area contributed by atoms with E-state index in [-0.39, 0.29) is 11.7 Å². The smallest absolute Gasteiger partial charge is 0.251 e. The van der Waals surface area contributed by atoms with E-state index in [0.29, 0.717) is 46.9 Å². The molecule has 0 aliphatic carbocycles. The van der Waals surface area contributed by atoms with Crippen molar-refractivity contribution in [2.45, 2.75) is 32.7 Å². The van der Waals surface area contributed by atoms with Crippen LogP contribution < -0.4 is 10.1 Å². The van der Waals surface area contributed by atoms with Gasteiger partial charge in [-0.25, -0.2) is 9.97 Å². The lowest BCUT2D eigenvalue weighted by Gasteiger charge is -2.35. The molecule has 1 saturated heterocycles. The van der Waals surface area contributed by atoms with E-state index >= 15 is 0 Å². The quantitative estimate of drug-likeness (QED) is 0.336. The van der Waals surface area contributed by atoms with Gasteiger partial charge in [-0.3, -0.25) is 4.79 Å². The number of ether oxygens (including phenoxy) is 1. The first-order chi connectivity index (χ1) is 17.9. The molecule has 192 valence electrons. The van der Waals surface area contributed by atoms with Crippen molar-refractivity contribution in [1.29, 1.82) is 0 Å². The van der Waals surface area contributed by atoms with Gasteiger partial charge in [0.05, 0.1) is 23.7 Å². The lowest BCUT2D eigenvalue weighted by molar-refractivity contribution is 0.0923. The van der Waals surface area contributed by atoms with Gasteiger partial charge in [0, 0.05) is 36.5 Å². The van der Waals surface area contributed by atoms with Crippen molar-refractivity contribution in [1.82, 2.24) is 25.2 Å². The number of likely N-dealkylation sites (tertiary alicyclic amines) is 1. The molecule has 2 aromatic heterocycles. The van der Waals surface area contributed by atoms with Gasteiger partial charge >= 0.3 is 0 Å². The Bertz CT molecular complexity index is 1410. The summed E-state index contributed by atoms with van der Waals surface area (Å²) < 4.78 is 5.40. The molecular formula is C29H33N5O3. The Morgan fingerprint density at radius 2 is 2.08 bits per heavy atom. The summed E-state index contributed by atoms with van der Waals surface area (Å²) in [6.45, 7) is 7.27. The highest BCUT2D eigenvalue weighted by Gasteiger charge is 2.22. The van der Waals surface area contributed by atoms with E-state index in [1.165, 1.54) is 6.42 Å². The summed E-state index contributed by atoms with van der Waals surface area (Å²) >= 11 is 0. The van der Waals surface area contributed by atoms with Crippen LogP contribution in [0.1, 0.15) is 37.0 Å². The monoisotopic (exact) mass is 499 g/mol. The minimum Gasteiger partial charge on any atom is -0.507 e. The number of piperidine rings is 1. The van der Waals surface area contributed by atoms with E-state index in [1.54, 1.807) is 31.5 Å². The topological polar surface area (TPSA) is 103 Å². The van der Waals surface area contributed by atoms with Crippen molar-refractivity contribution < 1.29 is 14.6 Å². The molecule has 0 spiro atoms. The second kappa shape index (κ2) is 10.6. The standard InChI is InChI=1S/C29H33N5O3/c1-18(2)34-13-5-6-19(17-34)16-31-28(36)21-8-10-24-25(15-21)33-27(32-24)23-14-20(9-11-26(23)35)22-7-4-12-30-29(22)37-3/h4,7-12,14-15,18-19,35H,5-6,13,16-17H2,1-3H3,(H,31,36)(H,32,33). The fourth-order valence-electron chi connectivity index (χ4n) is 5.01. The first-order valence-corrected chi connectivity index (χ1v) is 12.8. The Morgan fingerprint density at radius 1 is 1.22 bits per heavy atom. The average molecular weight is 500 g/mol. The average Bonchev–Trinajstić information content (AvgIpc) is 3.35. The SMILES string of the molecule is COc1ncccc1-c1ccc(O)c(-c2nc3cc(C(=O)NCC4CCCN(C(C)C)C4)ccc3[nH]2)c1. The van der Waals surface area contributed by atoms with Crippen LogP contribution in [0.5, 0.6) is 11.6 Å². The number of H-pyrrole nitrogens is 1. The number of imidazole rings is 1. The third kappa shape index (κ3) is 5.29. The first kappa shape index (κ1) is 24.8. The van der Waals surface area contributed by atoms with E-state index in [4.69, 9.17) is 9.72 Å². The van der Waals surface area contributed by atoms with Crippen LogP contribution in [0.15, 0.2) is 54.7 Å². The molecule has 37 heavy (non-hydrogen) atoms. The number of aromatic hydroxyl groups is 1. The molecule has 3 heterocycles. The molecule has 8 nitrogen and oxygen atoms in total. The minimum absolute atomic E-state index is 0.0957. The number of phenolic OH excluding ortho intramolecular Hbond substituents is 1. The van der Waals surface area contributed by atoms with Gasteiger partial charge in [-0.1, -0.05) is 6.07 Å². The molecule has 3 N–H and O–H groups in total. The molecule has 2 aromatic carbocycles. The number of amides is 1. The maximum atomic E-state index is 12.9. The number of benzene rings is 2. The second-order valence-electron chi connectivity index (χ2n) is 9.92. The molecule has 1 amide bonds. The largest absolute Gasteiger partial charge is 0.507 e. The zero-order valence-corrected chi connectivity index (χ0v) is 21.5. The highest BCUT2D eigenvalue weighted by atomic mass is 16.5.